The van der Waals surface area contributed by atoms with Crippen LogP contribution in [-0.4, -0.2) is 31.1 Å². The number of hydrogen-bond acceptors (Lipinski definition) is 2. The molecule has 0 bridgehead atoms. The zero-order valence-corrected chi connectivity index (χ0v) is 14.3. The van der Waals surface area contributed by atoms with Gasteiger partial charge in [-0.05, 0) is 42.5 Å². The van der Waals surface area contributed by atoms with Gasteiger partial charge in [-0.2, -0.15) is 0 Å². The van der Waals surface area contributed by atoms with E-state index in [0.717, 1.165) is 26.1 Å². The van der Waals surface area contributed by atoms with Gasteiger partial charge in [0.05, 0.1) is 0 Å². The number of likely N-dealkylation sites (N-methyl/N-ethyl adjacent to an activating group) is 1. The lowest BCUT2D eigenvalue weighted by Crippen LogP contribution is -2.46. The van der Waals surface area contributed by atoms with Crippen LogP contribution in [0.3, 0.4) is 0 Å². The lowest BCUT2D eigenvalue weighted by molar-refractivity contribution is 0.204. The summed E-state index contributed by atoms with van der Waals surface area (Å²) in [6, 6.07) is 20.5. The van der Waals surface area contributed by atoms with Crippen molar-refractivity contribution in [3.63, 3.8) is 0 Å². The first-order chi connectivity index (χ1) is 11.2. The fourth-order valence-electron chi connectivity index (χ4n) is 3.59. The third kappa shape index (κ3) is 4.43. The van der Waals surface area contributed by atoms with Gasteiger partial charge in [-0.3, -0.25) is 0 Å². The van der Waals surface area contributed by atoms with Crippen molar-refractivity contribution in [3.8, 4) is 0 Å². The smallest absolute Gasteiger partial charge is 0.0208 e. The summed E-state index contributed by atoms with van der Waals surface area (Å²) in [5.74, 6) is 0.632. The van der Waals surface area contributed by atoms with Gasteiger partial charge in [0.2, 0.25) is 0 Å². The van der Waals surface area contributed by atoms with Crippen LogP contribution in [0.5, 0.6) is 0 Å². The van der Waals surface area contributed by atoms with Crippen LogP contribution in [0.15, 0.2) is 54.6 Å². The van der Waals surface area contributed by atoms with Gasteiger partial charge >= 0.3 is 0 Å². The summed E-state index contributed by atoms with van der Waals surface area (Å²) in [4.78, 5) is 2.46. The maximum Gasteiger partial charge on any atom is 0.0208 e. The van der Waals surface area contributed by atoms with E-state index >= 15 is 0 Å². The van der Waals surface area contributed by atoms with E-state index in [-0.39, 0.29) is 0 Å². The first kappa shape index (κ1) is 16.2. The molecule has 1 heterocycles. The molecular weight excluding hydrogens is 280 g/mol. The SMILES string of the molecule is CCc1ccc(C2CC(NCc3ccccc3)CN(C)C2)cc1. The fourth-order valence-corrected chi connectivity index (χ4v) is 3.59. The average molecular weight is 308 g/mol. The van der Waals surface area contributed by atoms with Crippen LogP contribution in [0.2, 0.25) is 0 Å². The molecule has 2 nitrogen and oxygen atoms in total. The molecule has 0 saturated carbocycles. The van der Waals surface area contributed by atoms with Gasteiger partial charge in [0.25, 0.3) is 0 Å². The van der Waals surface area contributed by atoms with E-state index in [1.807, 2.05) is 0 Å². The number of hydrogen-bond donors (Lipinski definition) is 1. The Morgan fingerprint density at radius 2 is 1.70 bits per heavy atom. The van der Waals surface area contributed by atoms with E-state index < -0.39 is 0 Å². The molecule has 2 heteroatoms. The predicted molar refractivity (Wildman–Crippen MR) is 97.7 cm³/mol. The molecule has 0 aliphatic carbocycles. The van der Waals surface area contributed by atoms with Crippen molar-refractivity contribution >= 4 is 0 Å². The summed E-state index contributed by atoms with van der Waals surface area (Å²) in [5, 5.41) is 3.75. The molecule has 1 fully saturated rings. The average Bonchev–Trinajstić information content (AvgIpc) is 2.60. The van der Waals surface area contributed by atoms with Crippen LogP contribution in [0.4, 0.5) is 0 Å². The minimum absolute atomic E-state index is 0.560. The number of piperidine rings is 1. The Balaban J connectivity index is 1.61. The van der Waals surface area contributed by atoms with Crippen molar-refractivity contribution in [2.75, 3.05) is 20.1 Å². The lowest BCUT2D eigenvalue weighted by atomic mass is 9.87. The molecule has 1 saturated heterocycles. The zero-order valence-electron chi connectivity index (χ0n) is 14.3. The molecule has 2 aromatic carbocycles. The second-order valence-electron chi connectivity index (χ2n) is 6.81. The van der Waals surface area contributed by atoms with Crippen molar-refractivity contribution in [2.45, 2.75) is 38.3 Å². The summed E-state index contributed by atoms with van der Waals surface area (Å²) in [6.07, 6.45) is 2.34. The quantitative estimate of drug-likeness (QED) is 0.903. The Bertz CT molecular complexity index is 591. The Labute approximate surface area is 140 Å². The molecule has 2 unspecified atom stereocenters. The molecule has 0 spiro atoms. The second-order valence-corrected chi connectivity index (χ2v) is 6.81. The molecule has 1 aliphatic rings. The molecule has 122 valence electrons. The molecule has 0 amide bonds. The van der Waals surface area contributed by atoms with E-state index in [0.29, 0.717) is 12.0 Å². The van der Waals surface area contributed by atoms with E-state index in [1.54, 1.807) is 0 Å². The van der Waals surface area contributed by atoms with Gasteiger partial charge in [0.1, 0.15) is 0 Å². The first-order valence-corrected chi connectivity index (χ1v) is 8.79. The van der Waals surface area contributed by atoms with Gasteiger partial charge in [-0.1, -0.05) is 61.5 Å². The number of nitrogens with zero attached hydrogens (tertiary/aromatic N) is 1. The first-order valence-electron chi connectivity index (χ1n) is 8.79. The number of rotatable bonds is 5. The molecule has 0 radical (unpaired) electrons. The molecule has 23 heavy (non-hydrogen) atoms. The lowest BCUT2D eigenvalue weighted by Gasteiger charge is -2.36. The van der Waals surface area contributed by atoms with E-state index in [2.05, 4.69) is 78.8 Å². The third-order valence-corrected chi connectivity index (χ3v) is 4.93. The minimum Gasteiger partial charge on any atom is -0.309 e. The van der Waals surface area contributed by atoms with Crippen LogP contribution in [-0.2, 0) is 13.0 Å². The maximum atomic E-state index is 3.75. The highest BCUT2D eigenvalue weighted by atomic mass is 15.1. The fraction of sp³-hybridized carbons (Fsp3) is 0.429. The normalized spacial score (nSPS) is 22.2. The highest BCUT2D eigenvalue weighted by Crippen LogP contribution is 2.27. The van der Waals surface area contributed by atoms with Crippen LogP contribution in [0.25, 0.3) is 0 Å². The van der Waals surface area contributed by atoms with Crippen molar-refractivity contribution in [3.05, 3.63) is 71.3 Å². The monoisotopic (exact) mass is 308 g/mol. The number of likely N-dealkylation sites (tertiary alicyclic amines) is 1. The molecule has 2 atom stereocenters. The summed E-state index contributed by atoms with van der Waals surface area (Å²) >= 11 is 0. The van der Waals surface area contributed by atoms with Gasteiger partial charge in [0.15, 0.2) is 0 Å². The van der Waals surface area contributed by atoms with Gasteiger partial charge in [-0.15, -0.1) is 0 Å². The second kappa shape index (κ2) is 7.76. The topological polar surface area (TPSA) is 15.3 Å². The molecule has 2 aromatic rings. The zero-order chi connectivity index (χ0) is 16.1. The summed E-state index contributed by atoms with van der Waals surface area (Å²) in [7, 11) is 2.24. The highest BCUT2D eigenvalue weighted by Gasteiger charge is 2.25. The standard InChI is InChI=1S/C21H28N2/c1-3-17-9-11-19(12-10-17)20-13-21(16-23(2)15-20)22-14-18-7-5-4-6-8-18/h4-12,20-22H,3,13-16H2,1-2H3. The van der Waals surface area contributed by atoms with E-state index in [9.17, 15) is 0 Å². The Morgan fingerprint density at radius 3 is 2.39 bits per heavy atom. The van der Waals surface area contributed by atoms with Gasteiger partial charge in [0, 0.05) is 25.7 Å². The molecule has 0 aromatic heterocycles. The van der Waals surface area contributed by atoms with E-state index in [4.69, 9.17) is 0 Å². The molecule has 3 rings (SSSR count). The summed E-state index contributed by atoms with van der Waals surface area (Å²) in [6.45, 7) is 5.47. The van der Waals surface area contributed by atoms with E-state index in [1.165, 1.54) is 23.1 Å². The largest absolute Gasteiger partial charge is 0.309 e. The Hall–Kier alpha value is -1.64. The minimum atomic E-state index is 0.560. The number of nitrogens with one attached hydrogen (secondary N) is 1. The van der Waals surface area contributed by atoms with Crippen LogP contribution < -0.4 is 5.32 Å². The number of aryl methyl sites for hydroxylation is 1. The predicted octanol–water partition coefficient (Wildman–Crippen LogP) is 3.83. The van der Waals surface area contributed by atoms with Crippen LogP contribution >= 0.6 is 0 Å². The highest BCUT2D eigenvalue weighted by molar-refractivity contribution is 5.26. The summed E-state index contributed by atoms with van der Waals surface area (Å²) < 4.78 is 0. The molecular formula is C21H28N2. The van der Waals surface area contributed by atoms with Gasteiger partial charge < -0.3 is 10.2 Å². The molecule has 1 N–H and O–H groups in total. The van der Waals surface area contributed by atoms with Crippen molar-refractivity contribution < 1.29 is 0 Å². The van der Waals surface area contributed by atoms with Crippen LogP contribution in [0.1, 0.15) is 36.0 Å². The van der Waals surface area contributed by atoms with Crippen LogP contribution in [0, 0.1) is 0 Å². The van der Waals surface area contributed by atoms with Crippen molar-refractivity contribution in [2.24, 2.45) is 0 Å². The van der Waals surface area contributed by atoms with Crippen molar-refractivity contribution in [1.29, 1.82) is 0 Å². The third-order valence-electron chi connectivity index (χ3n) is 4.93. The number of benzene rings is 2. The Kier molecular flexibility index (Phi) is 5.47. The maximum absolute atomic E-state index is 3.75. The Morgan fingerprint density at radius 1 is 0.957 bits per heavy atom. The van der Waals surface area contributed by atoms with Gasteiger partial charge in [-0.25, -0.2) is 0 Å². The molecule has 1 aliphatic heterocycles. The summed E-state index contributed by atoms with van der Waals surface area (Å²) in [5.41, 5.74) is 4.28. The van der Waals surface area contributed by atoms with Crippen molar-refractivity contribution in [1.82, 2.24) is 10.2 Å².